The monoisotopic (exact) mass is 462 g/mol. The van der Waals surface area contributed by atoms with Crippen molar-refractivity contribution < 1.29 is 9.59 Å². The lowest BCUT2D eigenvalue weighted by Gasteiger charge is -2.33. The Balaban J connectivity index is 1.52. The van der Waals surface area contributed by atoms with Crippen molar-refractivity contribution >= 4 is 17.5 Å². The van der Waals surface area contributed by atoms with Gasteiger partial charge in [-0.2, -0.15) is 10.2 Å². The summed E-state index contributed by atoms with van der Waals surface area (Å²) in [7, 11) is 1.72. The van der Waals surface area contributed by atoms with E-state index in [4.69, 9.17) is 0 Å². The first-order valence-electron chi connectivity index (χ1n) is 12.1. The first-order chi connectivity index (χ1) is 16.3. The van der Waals surface area contributed by atoms with Gasteiger partial charge >= 0.3 is 0 Å². The number of nitrogens with zero attached hydrogens (tertiary/aromatic N) is 3. The summed E-state index contributed by atoms with van der Waals surface area (Å²) in [5.41, 5.74) is 5.19. The number of hydrogen-bond acceptors (Lipinski definition) is 4. The molecule has 0 spiro atoms. The quantitative estimate of drug-likeness (QED) is 0.485. The van der Waals surface area contributed by atoms with Crippen molar-refractivity contribution in [2.45, 2.75) is 58.9 Å². The second-order valence-electron chi connectivity index (χ2n) is 9.42. The maximum atomic E-state index is 13.4. The largest absolute Gasteiger partial charge is 0.339 e. The molecule has 0 bridgehead atoms. The molecular weight excluding hydrogens is 428 g/mol. The van der Waals surface area contributed by atoms with E-state index in [1.165, 1.54) is 23.9 Å². The highest BCUT2D eigenvalue weighted by Crippen LogP contribution is 2.32. The fourth-order valence-corrected chi connectivity index (χ4v) is 5.10. The lowest BCUT2D eigenvalue weighted by molar-refractivity contribution is -0.119. The Bertz CT molecular complexity index is 1120. The van der Waals surface area contributed by atoms with Gasteiger partial charge in [-0.05, 0) is 49.4 Å². The SMILES string of the molecule is Cc1n[nH]c(C)c1-c1ccc(NC(=O)[C@@H](NC(=O)c2ccnn2C)C(C)C2CCCCC2)cc1. The molecule has 2 amide bonds. The molecule has 1 aliphatic carbocycles. The van der Waals surface area contributed by atoms with Crippen molar-refractivity contribution in [1.82, 2.24) is 25.3 Å². The van der Waals surface area contributed by atoms with Crippen molar-refractivity contribution in [3.8, 4) is 11.1 Å². The van der Waals surface area contributed by atoms with Crippen LogP contribution in [0.1, 0.15) is 60.9 Å². The van der Waals surface area contributed by atoms with Gasteiger partial charge in [0.2, 0.25) is 5.91 Å². The molecule has 2 atom stereocenters. The molecule has 1 unspecified atom stereocenters. The van der Waals surface area contributed by atoms with E-state index in [0.29, 0.717) is 17.3 Å². The number of H-pyrrole nitrogens is 1. The van der Waals surface area contributed by atoms with E-state index >= 15 is 0 Å². The third-order valence-electron chi connectivity index (χ3n) is 7.11. The summed E-state index contributed by atoms with van der Waals surface area (Å²) in [5.74, 6) is -0.0557. The van der Waals surface area contributed by atoms with Crippen LogP contribution in [-0.2, 0) is 11.8 Å². The zero-order valence-corrected chi connectivity index (χ0v) is 20.4. The molecule has 0 aliphatic heterocycles. The lowest BCUT2D eigenvalue weighted by Crippen LogP contribution is -2.50. The molecule has 1 fully saturated rings. The molecule has 4 rings (SSSR count). The van der Waals surface area contributed by atoms with Crippen LogP contribution in [0.5, 0.6) is 0 Å². The van der Waals surface area contributed by atoms with Crippen molar-refractivity contribution in [3.63, 3.8) is 0 Å². The normalized spacial score (nSPS) is 16.1. The third kappa shape index (κ3) is 5.05. The molecule has 1 aromatic carbocycles. The molecule has 34 heavy (non-hydrogen) atoms. The van der Waals surface area contributed by atoms with Crippen molar-refractivity contribution in [3.05, 3.63) is 53.6 Å². The number of aromatic nitrogens is 4. The van der Waals surface area contributed by atoms with Crippen molar-refractivity contribution in [2.75, 3.05) is 5.32 Å². The van der Waals surface area contributed by atoms with Crippen LogP contribution < -0.4 is 10.6 Å². The van der Waals surface area contributed by atoms with Gasteiger partial charge in [-0.25, -0.2) is 0 Å². The Kier molecular flexibility index (Phi) is 7.14. The average Bonchev–Trinajstić information content (AvgIpc) is 3.42. The second kappa shape index (κ2) is 10.2. The van der Waals surface area contributed by atoms with E-state index in [2.05, 4.69) is 32.9 Å². The molecule has 0 saturated heterocycles. The molecule has 2 heterocycles. The molecule has 1 saturated carbocycles. The van der Waals surface area contributed by atoms with Crippen LogP contribution in [0.15, 0.2) is 36.5 Å². The van der Waals surface area contributed by atoms with Crippen LogP contribution in [0.2, 0.25) is 0 Å². The maximum absolute atomic E-state index is 13.4. The zero-order valence-electron chi connectivity index (χ0n) is 20.4. The Hall–Kier alpha value is -3.42. The van der Waals surface area contributed by atoms with Gasteiger partial charge in [-0.3, -0.25) is 19.4 Å². The van der Waals surface area contributed by atoms with E-state index in [0.717, 1.165) is 35.4 Å². The second-order valence-corrected chi connectivity index (χ2v) is 9.42. The number of rotatable bonds is 7. The fraction of sp³-hybridized carbons (Fsp3) is 0.462. The van der Waals surface area contributed by atoms with E-state index < -0.39 is 6.04 Å². The van der Waals surface area contributed by atoms with Crippen LogP contribution >= 0.6 is 0 Å². The summed E-state index contributed by atoms with van der Waals surface area (Å²) in [4.78, 5) is 26.4. The fourth-order valence-electron chi connectivity index (χ4n) is 5.10. The summed E-state index contributed by atoms with van der Waals surface area (Å²) in [6.45, 7) is 6.04. The van der Waals surface area contributed by atoms with Gasteiger partial charge in [-0.1, -0.05) is 51.2 Å². The van der Waals surface area contributed by atoms with Gasteiger partial charge in [0, 0.05) is 30.2 Å². The van der Waals surface area contributed by atoms with Gasteiger partial charge in [-0.15, -0.1) is 0 Å². The van der Waals surface area contributed by atoms with Crippen molar-refractivity contribution in [2.24, 2.45) is 18.9 Å². The number of amides is 2. The minimum absolute atomic E-state index is 0.0213. The molecule has 0 radical (unpaired) electrons. The summed E-state index contributed by atoms with van der Waals surface area (Å²) in [5, 5.41) is 17.4. The number of aryl methyl sites for hydroxylation is 3. The van der Waals surface area contributed by atoms with Crippen molar-refractivity contribution in [1.29, 1.82) is 0 Å². The van der Waals surface area contributed by atoms with Crippen LogP contribution in [0.3, 0.4) is 0 Å². The van der Waals surface area contributed by atoms with Crippen LogP contribution in [0.4, 0.5) is 5.69 Å². The zero-order chi connectivity index (χ0) is 24.2. The van der Waals surface area contributed by atoms with Crippen LogP contribution in [0.25, 0.3) is 11.1 Å². The highest BCUT2D eigenvalue weighted by Gasteiger charge is 2.33. The van der Waals surface area contributed by atoms with E-state index in [-0.39, 0.29) is 17.7 Å². The molecule has 2 aromatic heterocycles. The molecule has 8 nitrogen and oxygen atoms in total. The van der Waals surface area contributed by atoms with E-state index in [1.807, 2.05) is 38.1 Å². The number of anilines is 1. The molecular formula is C26H34N6O2. The highest BCUT2D eigenvalue weighted by atomic mass is 16.2. The minimum atomic E-state index is -0.636. The molecule has 3 N–H and O–H groups in total. The van der Waals surface area contributed by atoms with Crippen LogP contribution in [-0.4, -0.2) is 37.8 Å². The Morgan fingerprint density at radius 1 is 1.09 bits per heavy atom. The summed E-state index contributed by atoms with van der Waals surface area (Å²) < 4.78 is 1.52. The Morgan fingerprint density at radius 2 is 1.79 bits per heavy atom. The van der Waals surface area contributed by atoms with Gasteiger partial charge in [0.1, 0.15) is 11.7 Å². The minimum Gasteiger partial charge on any atom is -0.339 e. The highest BCUT2D eigenvalue weighted by molar-refractivity contribution is 6.00. The number of carbonyl (C=O) groups is 2. The summed E-state index contributed by atoms with van der Waals surface area (Å²) in [6, 6.07) is 8.77. The Labute approximate surface area is 200 Å². The molecule has 8 heteroatoms. The summed E-state index contributed by atoms with van der Waals surface area (Å²) in [6.07, 6.45) is 7.35. The maximum Gasteiger partial charge on any atom is 0.270 e. The standard InChI is InChI=1S/C26H34N6O2/c1-16(19-8-6-5-7-9-19)24(29-25(33)22-14-15-27-32(22)4)26(34)28-21-12-10-20(11-13-21)23-17(2)30-31-18(23)3/h10-16,19,24H,5-9H2,1-4H3,(H,28,34)(H,29,33)(H,30,31)/t16?,24-/m0/s1. The number of nitrogens with one attached hydrogen (secondary N) is 3. The summed E-state index contributed by atoms with van der Waals surface area (Å²) >= 11 is 0. The van der Waals surface area contributed by atoms with Gasteiger partial charge in [0.25, 0.3) is 5.91 Å². The van der Waals surface area contributed by atoms with Crippen LogP contribution in [0, 0.1) is 25.7 Å². The molecule has 180 valence electrons. The lowest BCUT2D eigenvalue weighted by atomic mass is 9.77. The third-order valence-corrected chi connectivity index (χ3v) is 7.11. The molecule has 3 aromatic rings. The van der Waals surface area contributed by atoms with Gasteiger partial charge in [0.15, 0.2) is 0 Å². The number of hydrogen-bond donors (Lipinski definition) is 3. The van der Waals surface area contributed by atoms with Gasteiger partial charge in [0.05, 0.1) is 5.69 Å². The average molecular weight is 463 g/mol. The Morgan fingerprint density at radius 3 is 2.38 bits per heavy atom. The first kappa shape index (κ1) is 23.7. The predicted molar refractivity (Wildman–Crippen MR) is 132 cm³/mol. The predicted octanol–water partition coefficient (Wildman–Crippen LogP) is 4.38. The van der Waals surface area contributed by atoms with E-state index in [9.17, 15) is 9.59 Å². The van der Waals surface area contributed by atoms with Gasteiger partial charge < -0.3 is 10.6 Å². The van der Waals surface area contributed by atoms with E-state index in [1.54, 1.807) is 19.3 Å². The first-order valence-corrected chi connectivity index (χ1v) is 12.1. The number of benzene rings is 1. The molecule has 1 aliphatic rings. The smallest absolute Gasteiger partial charge is 0.270 e. The number of aromatic amines is 1. The number of carbonyl (C=O) groups excluding carboxylic acids is 2. The topological polar surface area (TPSA) is 105 Å².